The molecule has 2 heterocycles. The first kappa shape index (κ1) is 12.8. The number of rotatable bonds is 2. The normalized spacial score (nSPS) is 21.7. The van der Waals surface area contributed by atoms with Crippen LogP contribution in [0.5, 0.6) is 0 Å². The SMILES string of the molecule is CN(C(=O)c1ccc(N)nc1)C1CCS(=O)(=O)C1. The number of pyridine rings is 1. The third-order valence-electron chi connectivity index (χ3n) is 3.11. The summed E-state index contributed by atoms with van der Waals surface area (Å²) >= 11 is 0. The van der Waals surface area contributed by atoms with E-state index in [0.717, 1.165) is 0 Å². The molecular formula is C11H15N3O3S. The molecule has 0 aliphatic carbocycles. The molecular weight excluding hydrogens is 254 g/mol. The molecule has 0 aromatic carbocycles. The molecule has 1 fully saturated rings. The molecule has 1 atom stereocenters. The standard InChI is InChI=1S/C11H15N3O3S/c1-14(9-4-5-18(16,17)7-9)11(15)8-2-3-10(12)13-6-8/h2-3,6,9H,4-5,7H2,1H3,(H2,12,13). The lowest BCUT2D eigenvalue weighted by atomic mass is 10.2. The highest BCUT2D eigenvalue weighted by molar-refractivity contribution is 7.91. The number of aromatic nitrogens is 1. The number of hydrogen-bond donors (Lipinski definition) is 1. The Labute approximate surface area is 106 Å². The summed E-state index contributed by atoms with van der Waals surface area (Å²) in [6, 6.07) is 2.89. The molecule has 1 unspecified atom stereocenters. The van der Waals surface area contributed by atoms with Gasteiger partial charge in [0.15, 0.2) is 9.84 Å². The number of carbonyl (C=O) groups excluding carboxylic acids is 1. The smallest absolute Gasteiger partial charge is 0.255 e. The van der Waals surface area contributed by atoms with Gasteiger partial charge in [0.2, 0.25) is 0 Å². The summed E-state index contributed by atoms with van der Waals surface area (Å²) in [5.41, 5.74) is 5.86. The van der Waals surface area contributed by atoms with Crippen LogP contribution in [0.2, 0.25) is 0 Å². The van der Waals surface area contributed by atoms with E-state index < -0.39 is 9.84 Å². The van der Waals surface area contributed by atoms with E-state index in [9.17, 15) is 13.2 Å². The van der Waals surface area contributed by atoms with Crippen LogP contribution in [-0.4, -0.2) is 48.8 Å². The molecule has 1 amide bonds. The molecule has 0 spiro atoms. The summed E-state index contributed by atoms with van der Waals surface area (Å²) in [6.07, 6.45) is 1.89. The molecule has 1 saturated heterocycles. The zero-order chi connectivity index (χ0) is 13.3. The first-order valence-electron chi connectivity index (χ1n) is 5.58. The van der Waals surface area contributed by atoms with Gasteiger partial charge >= 0.3 is 0 Å². The van der Waals surface area contributed by atoms with Gasteiger partial charge in [-0.25, -0.2) is 13.4 Å². The molecule has 0 radical (unpaired) electrons. The maximum atomic E-state index is 12.1. The Morgan fingerprint density at radius 3 is 2.72 bits per heavy atom. The number of amides is 1. The van der Waals surface area contributed by atoms with Crippen LogP contribution in [0.4, 0.5) is 5.82 Å². The van der Waals surface area contributed by atoms with Gasteiger partial charge in [0, 0.05) is 19.3 Å². The van der Waals surface area contributed by atoms with Gasteiger partial charge < -0.3 is 10.6 Å². The van der Waals surface area contributed by atoms with E-state index in [1.807, 2.05) is 0 Å². The maximum absolute atomic E-state index is 12.1. The highest BCUT2D eigenvalue weighted by atomic mass is 32.2. The first-order chi connectivity index (χ1) is 8.39. The Hall–Kier alpha value is -1.63. The fourth-order valence-corrected chi connectivity index (χ4v) is 3.76. The van der Waals surface area contributed by atoms with Crippen molar-refractivity contribution in [1.29, 1.82) is 0 Å². The predicted octanol–water partition coefficient (Wildman–Crippen LogP) is -0.0771. The Balaban J connectivity index is 2.12. The minimum Gasteiger partial charge on any atom is -0.384 e. The molecule has 98 valence electrons. The van der Waals surface area contributed by atoms with Crippen LogP contribution in [0, 0.1) is 0 Å². The number of anilines is 1. The highest BCUT2D eigenvalue weighted by Gasteiger charge is 2.33. The molecule has 6 nitrogen and oxygen atoms in total. The third kappa shape index (κ3) is 2.61. The second kappa shape index (κ2) is 4.56. The zero-order valence-corrected chi connectivity index (χ0v) is 10.9. The Bertz CT molecular complexity index is 553. The Kier molecular flexibility index (Phi) is 3.25. The summed E-state index contributed by atoms with van der Waals surface area (Å²) in [7, 11) is -1.38. The Morgan fingerprint density at radius 2 is 2.22 bits per heavy atom. The van der Waals surface area contributed by atoms with E-state index in [1.54, 1.807) is 19.2 Å². The summed E-state index contributed by atoms with van der Waals surface area (Å²) in [5, 5.41) is 0. The number of nitrogens with zero attached hydrogens (tertiary/aromatic N) is 2. The molecule has 1 aromatic heterocycles. The molecule has 0 saturated carbocycles. The van der Waals surface area contributed by atoms with Gasteiger partial charge in [-0.3, -0.25) is 4.79 Å². The Morgan fingerprint density at radius 1 is 1.50 bits per heavy atom. The molecule has 2 N–H and O–H groups in total. The van der Waals surface area contributed by atoms with Crippen LogP contribution < -0.4 is 5.73 Å². The zero-order valence-electron chi connectivity index (χ0n) is 10.0. The van der Waals surface area contributed by atoms with Crippen molar-refractivity contribution in [2.45, 2.75) is 12.5 Å². The molecule has 0 bridgehead atoms. The van der Waals surface area contributed by atoms with Crippen molar-refractivity contribution < 1.29 is 13.2 Å². The van der Waals surface area contributed by atoms with Crippen molar-refractivity contribution in [2.24, 2.45) is 0 Å². The second-order valence-electron chi connectivity index (χ2n) is 4.44. The van der Waals surface area contributed by atoms with Gasteiger partial charge in [-0.05, 0) is 18.6 Å². The van der Waals surface area contributed by atoms with E-state index in [1.165, 1.54) is 11.1 Å². The van der Waals surface area contributed by atoms with Gasteiger partial charge in [0.05, 0.1) is 17.1 Å². The van der Waals surface area contributed by atoms with Crippen LogP contribution in [0.3, 0.4) is 0 Å². The van der Waals surface area contributed by atoms with Gasteiger partial charge in [-0.2, -0.15) is 0 Å². The quantitative estimate of drug-likeness (QED) is 0.810. The number of hydrogen-bond acceptors (Lipinski definition) is 5. The fourth-order valence-electron chi connectivity index (χ4n) is 1.98. The molecule has 18 heavy (non-hydrogen) atoms. The molecule has 1 aliphatic heterocycles. The van der Waals surface area contributed by atoms with Crippen LogP contribution in [0.15, 0.2) is 18.3 Å². The van der Waals surface area contributed by atoms with E-state index in [2.05, 4.69) is 4.98 Å². The van der Waals surface area contributed by atoms with Crippen molar-refractivity contribution >= 4 is 21.6 Å². The third-order valence-corrected chi connectivity index (χ3v) is 4.86. The van der Waals surface area contributed by atoms with E-state index in [0.29, 0.717) is 17.8 Å². The van der Waals surface area contributed by atoms with E-state index in [-0.39, 0.29) is 23.5 Å². The lowest BCUT2D eigenvalue weighted by Crippen LogP contribution is -2.37. The minimum absolute atomic E-state index is 0.0393. The van der Waals surface area contributed by atoms with Crippen molar-refractivity contribution in [3.05, 3.63) is 23.9 Å². The first-order valence-corrected chi connectivity index (χ1v) is 7.40. The summed E-state index contributed by atoms with van der Waals surface area (Å²) in [4.78, 5) is 17.4. The van der Waals surface area contributed by atoms with Crippen molar-refractivity contribution in [3.63, 3.8) is 0 Å². The van der Waals surface area contributed by atoms with Gasteiger partial charge in [0.25, 0.3) is 5.91 Å². The summed E-state index contributed by atoms with van der Waals surface area (Å²) in [6.45, 7) is 0. The molecule has 1 aromatic rings. The average molecular weight is 269 g/mol. The van der Waals surface area contributed by atoms with Crippen LogP contribution in [0.1, 0.15) is 16.8 Å². The number of sulfone groups is 1. The summed E-state index contributed by atoms with van der Waals surface area (Å²) in [5.74, 6) is 0.301. The monoisotopic (exact) mass is 269 g/mol. The van der Waals surface area contributed by atoms with Crippen LogP contribution in [0.25, 0.3) is 0 Å². The van der Waals surface area contributed by atoms with E-state index >= 15 is 0 Å². The lowest BCUT2D eigenvalue weighted by molar-refractivity contribution is 0.0747. The average Bonchev–Trinajstić information content (AvgIpc) is 2.69. The maximum Gasteiger partial charge on any atom is 0.255 e. The molecule has 7 heteroatoms. The van der Waals surface area contributed by atoms with E-state index in [4.69, 9.17) is 5.73 Å². The topological polar surface area (TPSA) is 93.4 Å². The van der Waals surface area contributed by atoms with Crippen molar-refractivity contribution in [3.8, 4) is 0 Å². The van der Waals surface area contributed by atoms with Crippen LogP contribution in [-0.2, 0) is 9.84 Å². The van der Waals surface area contributed by atoms with Gasteiger partial charge in [-0.1, -0.05) is 0 Å². The van der Waals surface area contributed by atoms with Crippen LogP contribution >= 0.6 is 0 Å². The highest BCUT2D eigenvalue weighted by Crippen LogP contribution is 2.18. The van der Waals surface area contributed by atoms with Gasteiger partial charge in [-0.15, -0.1) is 0 Å². The second-order valence-corrected chi connectivity index (χ2v) is 6.67. The predicted molar refractivity (Wildman–Crippen MR) is 67.8 cm³/mol. The van der Waals surface area contributed by atoms with Gasteiger partial charge in [0.1, 0.15) is 5.82 Å². The van der Waals surface area contributed by atoms with Crippen molar-refractivity contribution in [1.82, 2.24) is 9.88 Å². The summed E-state index contributed by atoms with van der Waals surface area (Å²) < 4.78 is 22.8. The fraction of sp³-hybridized carbons (Fsp3) is 0.455. The number of nitrogen functional groups attached to an aromatic ring is 1. The molecule has 1 aliphatic rings. The number of nitrogens with two attached hydrogens (primary N) is 1. The minimum atomic E-state index is -2.99. The largest absolute Gasteiger partial charge is 0.384 e. The van der Waals surface area contributed by atoms with Crippen molar-refractivity contribution in [2.75, 3.05) is 24.3 Å². The lowest BCUT2D eigenvalue weighted by Gasteiger charge is -2.23. The number of carbonyl (C=O) groups is 1. The molecule has 2 rings (SSSR count).